The molecule has 0 spiro atoms. The van der Waals surface area contributed by atoms with Crippen molar-refractivity contribution in [2.24, 2.45) is 0 Å². The molecule has 1 saturated heterocycles. The van der Waals surface area contributed by atoms with Crippen molar-refractivity contribution in [2.45, 2.75) is 38.0 Å². The van der Waals surface area contributed by atoms with Gasteiger partial charge < -0.3 is 14.8 Å². The fourth-order valence-corrected chi connectivity index (χ4v) is 3.07. The van der Waals surface area contributed by atoms with Crippen LogP contribution in [0.5, 0.6) is 0 Å². The molecule has 3 heteroatoms. The maximum absolute atomic E-state index is 5.70. The van der Waals surface area contributed by atoms with E-state index in [4.69, 9.17) is 9.47 Å². The Morgan fingerprint density at radius 1 is 0.957 bits per heavy atom. The van der Waals surface area contributed by atoms with Gasteiger partial charge in [-0.2, -0.15) is 0 Å². The number of benzene rings is 2. The number of hydrogen-bond acceptors (Lipinski definition) is 3. The van der Waals surface area contributed by atoms with Crippen molar-refractivity contribution in [3.63, 3.8) is 0 Å². The Labute approximate surface area is 138 Å². The number of rotatable bonds is 7. The number of ether oxygens (including phenoxy) is 2. The molecule has 1 aliphatic heterocycles. The second-order valence-corrected chi connectivity index (χ2v) is 6.20. The monoisotopic (exact) mass is 311 g/mol. The van der Waals surface area contributed by atoms with Gasteiger partial charge in [-0.25, -0.2) is 0 Å². The zero-order valence-electron chi connectivity index (χ0n) is 13.7. The third-order valence-electron chi connectivity index (χ3n) is 4.34. The summed E-state index contributed by atoms with van der Waals surface area (Å²) >= 11 is 0. The molecular formula is C20H25NO2. The predicted molar refractivity (Wildman–Crippen MR) is 93.4 cm³/mol. The summed E-state index contributed by atoms with van der Waals surface area (Å²) in [5, 5.41) is 3.65. The molecule has 1 fully saturated rings. The van der Waals surface area contributed by atoms with E-state index in [2.05, 4.69) is 59.9 Å². The van der Waals surface area contributed by atoms with Crippen LogP contribution in [0.25, 0.3) is 0 Å². The summed E-state index contributed by atoms with van der Waals surface area (Å²) in [6, 6.07) is 21.3. The SMILES string of the molecule is CC1(CCCC(Nc2ccccc2)c2ccccc2)OCCO1. The molecule has 1 unspecified atom stereocenters. The van der Waals surface area contributed by atoms with Crippen LogP contribution in [-0.2, 0) is 9.47 Å². The Bertz CT molecular complexity index is 579. The summed E-state index contributed by atoms with van der Waals surface area (Å²) in [6.07, 6.45) is 3.02. The molecule has 1 heterocycles. The van der Waals surface area contributed by atoms with E-state index < -0.39 is 5.79 Å². The van der Waals surface area contributed by atoms with Crippen molar-refractivity contribution in [2.75, 3.05) is 18.5 Å². The first kappa shape index (κ1) is 16.0. The van der Waals surface area contributed by atoms with Gasteiger partial charge in [0.2, 0.25) is 0 Å². The zero-order chi connectivity index (χ0) is 16.0. The minimum atomic E-state index is -0.395. The summed E-state index contributed by atoms with van der Waals surface area (Å²) in [5.41, 5.74) is 2.47. The molecule has 23 heavy (non-hydrogen) atoms. The van der Waals surface area contributed by atoms with E-state index in [0.717, 1.165) is 24.9 Å². The van der Waals surface area contributed by atoms with E-state index in [1.807, 2.05) is 13.0 Å². The second kappa shape index (κ2) is 7.62. The Balaban J connectivity index is 1.63. The smallest absolute Gasteiger partial charge is 0.165 e. The summed E-state index contributed by atoms with van der Waals surface area (Å²) in [7, 11) is 0. The van der Waals surface area contributed by atoms with Crippen LogP contribution in [0.2, 0.25) is 0 Å². The molecule has 3 nitrogen and oxygen atoms in total. The molecule has 2 aromatic rings. The Morgan fingerprint density at radius 3 is 2.22 bits per heavy atom. The van der Waals surface area contributed by atoms with Crippen LogP contribution in [0.4, 0.5) is 5.69 Å². The van der Waals surface area contributed by atoms with E-state index >= 15 is 0 Å². The van der Waals surface area contributed by atoms with Crippen LogP contribution in [0.1, 0.15) is 37.8 Å². The molecule has 3 rings (SSSR count). The fourth-order valence-electron chi connectivity index (χ4n) is 3.07. The Hall–Kier alpha value is -1.84. The molecule has 0 radical (unpaired) electrons. The number of nitrogens with one attached hydrogen (secondary N) is 1. The van der Waals surface area contributed by atoms with Crippen LogP contribution < -0.4 is 5.32 Å². The van der Waals surface area contributed by atoms with Crippen molar-refractivity contribution in [1.29, 1.82) is 0 Å². The van der Waals surface area contributed by atoms with Crippen LogP contribution in [0, 0.1) is 0 Å². The van der Waals surface area contributed by atoms with Crippen LogP contribution in [0.15, 0.2) is 60.7 Å². The summed E-state index contributed by atoms with van der Waals surface area (Å²) in [6.45, 7) is 3.46. The van der Waals surface area contributed by atoms with Crippen molar-refractivity contribution in [3.05, 3.63) is 66.2 Å². The number of para-hydroxylation sites is 1. The molecular weight excluding hydrogens is 286 g/mol. The summed E-state index contributed by atoms with van der Waals surface area (Å²) in [5.74, 6) is -0.395. The Morgan fingerprint density at radius 2 is 1.57 bits per heavy atom. The van der Waals surface area contributed by atoms with Gasteiger partial charge in [0.05, 0.1) is 19.3 Å². The lowest BCUT2D eigenvalue weighted by molar-refractivity contribution is -0.147. The van der Waals surface area contributed by atoms with Gasteiger partial charge in [-0.05, 0) is 37.5 Å². The molecule has 1 aliphatic rings. The van der Waals surface area contributed by atoms with Gasteiger partial charge in [0.15, 0.2) is 5.79 Å². The van der Waals surface area contributed by atoms with E-state index in [-0.39, 0.29) is 0 Å². The number of hydrogen-bond donors (Lipinski definition) is 1. The van der Waals surface area contributed by atoms with E-state index in [9.17, 15) is 0 Å². The highest BCUT2D eigenvalue weighted by atomic mass is 16.7. The molecule has 0 saturated carbocycles. The molecule has 0 aliphatic carbocycles. The zero-order valence-corrected chi connectivity index (χ0v) is 13.7. The fraction of sp³-hybridized carbons (Fsp3) is 0.400. The molecule has 1 atom stereocenters. The topological polar surface area (TPSA) is 30.5 Å². The lowest BCUT2D eigenvalue weighted by Crippen LogP contribution is -2.25. The standard InChI is InChI=1S/C20H25NO2/c1-20(22-15-16-23-20)14-8-13-19(17-9-4-2-5-10-17)21-18-11-6-3-7-12-18/h2-7,9-12,19,21H,8,13-16H2,1H3. The lowest BCUT2D eigenvalue weighted by atomic mass is 9.99. The number of anilines is 1. The molecule has 0 amide bonds. The highest BCUT2D eigenvalue weighted by Gasteiger charge is 2.30. The average Bonchev–Trinajstić information content (AvgIpc) is 3.02. The van der Waals surface area contributed by atoms with Crippen LogP contribution in [0.3, 0.4) is 0 Å². The van der Waals surface area contributed by atoms with Crippen molar-refractivity contribution < 1.29 is 9.47 Å². The lowest BCUT2D eigenvalue weighted by Gasteiger charge is -2.25. The maximum atomic E-state index is 5.70. The first-order valence-electron chi connectivity index (χ1n) is 8.40. The van der Waals surface area contributed by atoms with Gasteiger partial charge in [-0.1, -0.05) is 48.5 Å². The predicted octanol–water partition coefficient (Wildman–Crippen LogP) is 4.77. The van der Waals surface area contributed by atoms with Gasteiger partial charge in [0, 0.05) is 12.1 Å². The van der Waals surface area contributed by atoms with Crippen LogP contribution >= 0.6 is 0 Å². The first-order chi connectivity index (χ1) is 11.3. The van der Waals surface area contributed by atoms with Gasteiger partial charge in [-0.15, -0.1) is 0 Å². The summed E-state index contributed by atoms with van der Waals surface area (Å²) in [4.78, 5) is 0. The average molecular weight is 311 g/mol. The van der Waals surface area contributed by atoms with Gasteiger partial charge >= 0.3 is 0 Å². The highest BCUT2D eigenvalue weighted by Crippen LogP contribution is 2.29. The van der Waals surface area contributed by atoms with Gasteiger partial charge in [0.25, 0.3) is 0 Å². The maximum Gasteiger partial charge on any atom is 0.165 e. The van der Waals surface area contributed by atoms with E-state index in [0.29, 0.717) is 19.3 Å². The Kier molecular flexibility index (Phi) is 5.31. The summed E-state index contributed by atoms with van der Waals surface area (Å²) < 4.78 is 11.4. The molecule has 0 aromatic heterocycles. The van der Waals surface area contributed by atoms with E-state index in [1.165, 1.54) is 5.56 Å². The molecule has 1 N–H and O–H groups in total. The minimum absolute atomic E-state index is 0.295. The van der Waals surface area contributed by atoms with Crippen molar-refractivity contribution in [3.8, 4) is 0 Å². The van der Waals surface area contributed by atoms with Crippen LogP contribution in [-0.4, -0.2) is 19.0 Å². The van der Waals surface area contributed by atoms with Gasteiger partial charge in [0.1, 0.15) is 0 Å². The van der Waals surface area contributed by atoms with E-state index in [1.54, 1.807) is 0 Å². The minimum Gasteiger partial charge on any atom is -0.378 e. The third-order valence-corrected chi connectivity index (χ3v) is 4.34. The first-order valence-corrected chi connectivity index (χ1v) is 8.40. The molecule has 122 valence electrons. The highest BCUT2D eigenvalue weighted by molar-refractivity contribution is 5.45. The largest absolute Gasteiger partial charge is 0.378 e. The molecule has 0 bridgehead atoms. The van der Waals surface area contributed by atoms with Gasteiger partial charge in [-0.3, -0.25) is 0 Å². The quantitative estimate of drug-likeness (QED) is 0.798. The van der Waals surface area contributed by atoms with Crippen molar-refractivity contribution in [1.82, 2.24) is 0 Å². The third kappa shape index (κ3) is 4.57. The molecule has 2 aromatic carbocycles. The van der Waals surface area contributed by atoms with Crippen molar-refractivity contribution >= 4 is 5.69 Å². The second-order valence-electron chi connectivity index (χ2n) is 6.20. The normalized spacial score (nSPS) is 17.8.